The third-order valence-corrected chi connectivity index (χ3v) is 6.21. The van der Waals surface area contributed by atoms with E-state index in [0.29, 0.717) is 4.88 Å². The van der Waals surface area contributed by atoms with Crippen molar-refractivity contribution in [3.63, 3.8) is 0 Å². The summed E-state index contributed by atoms with van der Waals surface area (Å²) in [6, 6.07) is 7.81. The Hall–Kier alpha value is -2.14. The molecular weight excluding hydrogens is 332 g/mol. The summed E-state index contributed by atoms with van der Waals surface area (Å²) in [4.78, 5) is 27.8. The Bertz CT molecular complexity index is 821. The Morgan fingerprint density at radius 3 is 2.72 bits per heavy atom. The minimum Gasteiger partial charge on any atom is -0.321 e. The van der Waals surface area contributed by atoms with E-state index >= 15 is 0 Å². The van der Waals surface area contributed by atoms with Gasteiger partial charge in [-0.1, -0.05) is 18.9 Å². The number of anilines is 2. The molecule has 1 aromatic heterocycles. The van der Waals surface area contributed by atoms with E-state index in [-0.39, 0.29) is 17.7 Å². The molecule has 4 rings (SSSR count). The molecule has 2 aromatic rings. The highest BCUT2D eigenvalue weighted by molar-refractivity contribution is 7.12. The molecule has 2 aliphatic rings. The largest absolute Gasteiger partial charge is 0.321 e. The van der Waals surface area contributed by atoms with Crippen LogP contribution >= 0.6 is 11.3 Å². The molecule has 5 heteroatoms. The molecule has 130 valence electrons. The number of thiophene rings is 1. The first-order valence-electron chi connectivity index (χ1n) is 8.92. The smallest absolute Gasteiger partial charge is 0.265 e. The van der Waals surface area contributed by atoms with Gasteiger partial charge in [-0.2, -0.15) is 0 Å². The summed E-state index contributed by atoms with van der Waals surface area (Å²) in [5.74, 6) is 0.344. The normalized spacial score (nSPS) is 16.9. The van der Waals surface area contributed by atoms with Crippen molar-refractivity contribution < 1.29 is 9.59 Å². The molecular formula is C20H22N2O2S. The summed E-state index contributed by atoms with van der Waals surface area (Å²) in [6.45, 7) is 2.74. The van der Waals surface area contributed by atoms with E-state index in [1.54, 1.807) is 0 Å². The van der Waals surface area contributed by atoms with Gasteiger partial charge in [0.2, 0.25) is 5.91 Å². The van der Waals surface area contributed by atoms with Crippen molar-refractivity contribution in [1.82, 2.24) is 0 Å². The van der Waals surface area contributed by atoms with Crippen LogP contribution in [0.15, 0.2) is 29.6 Å². The number of benzene rings is 1. The summed E-state index contributed by atoms with van der Waals surface area (Å²) >= 11 is 1.45. The standard InChI is InChI=1S/C20H22N2O2S/c1-13-10-18(25-12-13)19(23)21-16-7-6-14-8-9-22(17(14)11-16)20(24)15-4-2-3-5-15/h6-7,10-12,15H,2-5,8-9H2,1H3,(H,21,23). The van der Waals surface area contributed by atoms with Crippen LogP contribution in [-0.4, -0.2) is 18.4 Å². The van der Waals surface area contributed by atoms with Gasteiger partial charge in [0.1, 0.15) is 0 Å². The van der Waals surface area contributed by atoms with Gasteiger partial charge < -0.3 is 10.2 Å². The lowest BCUT2D eigenvalue weighted by Gasteiger charge is -2.21. The van der Waals surface area contributed by atoms with Crippen molar-refractivity contribution in [3.05, 3.63) is 45.6 Å². The molecule has 0 saturated heterocycles. The predicted molar refractivity (Wildman–Crippen MR) is 101 cm³/mol. The second-order valence-corrected chi connectivity index (χ2v) is 7.92. The fraction of sp³-hybridized carbons (Fsp3) is 0.400. The zero-order valence-electron chi connectivity index (χ0n) is 14.4. The fourth-order valence-corrected chi connectivity index (χ4v) is 4.61. The maximum absolute atomic E-state index is 12.8. The number of hydrogen-bond donors (Lipinski definition) is 1. The fourth-order valence-electron chi connectivity index (χ4n) is 3.82. The van der Waals surface area contributed by atoms with Gasteiger partial charge >= 0.3 is 0 Å². The van der Waals surface area contributed by atoms with Crippen LogP contribution in [-0.2, 0) is 11.2 Å². The van der Waals surface area contributed by atoms with Crippen molar-refractivity contribution in [3.8, 4) is 0 Å². The average Bonchev–Trinajstić information content (AvgIpc) is 3.34. The molecule has 0 spiro atoms. The highest BCUT2D eigenvalue weighted by Gasteiger charge is 2.32. The van der Waals surface area contributed by atoms with Gasteiger partial charge in [-0.25, -0.2) is 0 Å². The number of carbonyl (C=O) groups is 2. The van der Waals surface area contributed by atoms with E-state index in [0.717, 1.165) is 55.6 Å². The van der Waals surface area contributed by atoms with E-state index in [9.17, 15) is 9.59 Å². The molecule has 1 fully saturated rings. The minimum atomic E-state index is -0.0929. The lowest BCUT2D eigenvalue weighted by atomic mass is 10.1. The van der Waals surface area contributed by atoms with Crippen molar-refractivity contribution in [2.24, 2.45) is 5.92 Å². The predicted octanol–water partition coefficient (Wildman–Crippen LogP) is 4.39. The van der Waals surface area contributed by atoms with Gasteiger partial charge in [0.05, 0.1) is 4.88 Å². The highest BCUT2D eigenvalue weighted by atomic mass is 32.1. The second kappa shape index (κ2) is 6.64. The average molecular weight is 354 g/mol. The Morgan fingerprint density at radius 1 is 1.20 bits per heavy atom. The Balaban J connectivity index is 1.53. The van der Waals surface area contributed by atoms with E-state index in [1.807, 2.05) is 41.5 Å². The maximum Gasteiger partial charge on any atom is 0.265 e. The van der Waals surface area contributed by atoms with Crippen LogP contribution < -0.4 is 10.2 Å². The first kappa shape index (κ1) is 16.3. The number of nitrogens with one attached hydrogen (secondary N) is 1. The summed E-state index contributed by atoms with van der Waals surface area (Å²) < 4.78 is 0. The lowest BCUT2D eigenvalue weighted by molar-refractivity contribution is -0.122. The molecule has 0 bridgehead atoms. The van der Waals surface area contributed by atoms with Crippen molar-refractivity contribution in [1.29, 1.82) is 0 Å². The number of carbonyl (C=O) groups excluding carboxylic acids is 2. The number of nitrogens with zero attached hydrogens (tertiary/aromatic N) is 1. The number of hydrogen-bond acceptors (Lipinski definition) is 3. The third kappa shape index (κ3) is 3.21. The van der Waals surface area contributed by atoms with E-state index < -0.39 is 0 Å². The SMILES string of the molecule is Cc1csc(C(=O)Nc2ccc3c(c2)N(C(=O)C2CCCC2)CC3)c1. The first-order valence-corrected chi connectivity index (χ1v) is 9.80. The number of amides is 2. The molecule has 25 heavy (non-hydrogen) atoms. The molecule has 0 unspecified atom stereocenters. The molecule has 1 aliphatic carbocycles. The molecule has 1 aliphatic heterocycles. The lowest BCUT2D eigenvalue weighted by Crippen LogP contribution is -2.33. The summed E-state index contributed by atoms with van der Waals surface area (Å²) in [5, 5.41) is 4.94. The zero-order chi connectivity index (χ0) is 17.4. The first-order chi connectivity index (χ1) is 12.1. The monoisotopic (exact) mass is 354 g/mol. The van der Waals surface area contributed by atoms with Gasteiger partial charge in [-0.3, -0.25) is 9.59 Å². The topological polar surface area (TPSA) is 49.4 Å². The van der Waals surface area contributed by atoms with Crippen LogP contribution in [0.4, 0.5) is 11.4 Å². The summed E-state index contributed by atoms with van der Waals surface area (Å²) in [5.41, 5.74) is 4.01. The number of rotatable bonds is 3. The molecule has 0 radical (unpaired) electrons. The highest BCUT2D eigenvalue weighted by Crippen LogP contribution is 2.35. The Labute approximate surface area is 151 Å². The van der Waals surface area contributed by atoms with Crippen LogP contribution in [0.25, 0.3) is 0 Å². The Morgan fingerprint density at radius 2 is 2.00 bits per heavy atom. The molecule has 1 saturated carbocycles. The van der Waals surface area contributed by atoms with Gasteiger partial charge in [-0.15, -0.1) is 11.3 Å². The number of fused-ring (bicyclic) bond motifs is 1. The van der Waals surface area contributed by atoms with Gasteiger partial charge in [0.25, 0.3) is 5.91 Å². The molecule has 2 heterocycles. The van der Waals surface area contributed by atoms with E-state index in [1.165, 1.54) is 16.9 Å². The van der Waals surface area contributed by atoms with Crippen LogP contribution in [0, 0.1) is 12.8 Å². The molecule has 1 N–H and O–H groups in total. The van der Waals surface area contributed by atoms with Gasteiger partial charge in [0.15, 0.2) is 0 Å². The molecule has 1 aromatic carbocycles. The van der Waals surface area contributed by atoms with Crippen molar-refractivity contribution >= 4 is 34.5 Å². The molecule has 4 nitrogen and oxygen atoms in total. The second-order valence-electron chi connectivity index (χ2n) is 7.01. The van der Waals surface area contributed by atoms with E-state index in [2.05, 4.69) is 5.32 Å². The minimum absolute atomic E-state index is 0.0929. The molecule has 2 amide bonds. The van der Waals surface area contributed by atoms with Crippen LogP contribution in [0.5, 0.6) is 0 Å². The van der Waals surface area contributed by atoms with Crippen LogP contribution in [0.1, 0.15) is 46.5 Å². The van der Waals surface area contributed by atoms with Gasteiger partial charge in [-0.05, 0) is 60.9 Å². The van der Waals surface area contributed by atoms with Gasteiger partial charge in [0, 0.05) is 23.8 Å². The maximum atomic E-state index is 12.8. The third-order valence-electron chi connectivity index (χ3n) is 5.16. The van der Waals surface area contributed by atoms with Crippen LogP contribution in [0.2, 0.25) is 0 Å². The molecule has 0 atom stereocenters. The summed E-state index contributed by atoms with van der Waals surface area (Å²) in [6.07, 6.45) is 5.24. The summed E-state index contributed by atoms with van der Waals surface area (Å²) in [7, 11) is 0. The van der Waals surface area contributed by atoms with Crippen molar-refractivity contribution in [2.45, 2.75) is 39.0 Å². The number of aryl methyl sites for hydroxylation is 1. The quantitative estimate of drug-likeness (QED) is 0.889. The van der Waals surface area contributed by atoms with Crippen LogP contribution in [0.3, 0.4) is 0 Å². The van der Waals surface area contributed by atoms with E-state index in [4.69, 9.17) is 0 Å². The Kier molecular flexibility index (Phi) is 4.34. The zero-order valence-corrected chi connectivity index (χ0v) is 15.2. The van der Waals surface area contributed by atoms with Crippen molar-refractivity contribution in [2.75, 3.05) is 16.8 Å².